The number of rotatable bonds is 5. The van der Waals surface area contributed by atoms with Gasteiger partial charge in [-0.15, -0.1) is 0 Å². The lowest BCUT2D eigenvalue weighted by molar-refractivity contribution is 0.0579. The van der Waals surface area contributed by atoms with Gasteiger partial charge in [-0.1, -0.05) is 23.7 Å². The number of piperidine rings is 1. The van der Waals surface area contributed by atoms with E-state index in [1.165, 1.54) is 38.3 Å². The molecule has 1 N–H and O–H groups in total. The number of likely N-dealkylation sites (N-methyl/N-ethyl adjacent to an activating group) is 1. The van der Waals surface area contributed by atoms with Crippen molar-refractivity contribution in [3.8, 4) is 0 Å². The van der Waals surface area contributed by atoms with Crippen molar-refractivity contribution in [3.05, 3.63) is 34.9 Å². The van der Waals surface area contributed by atoms with Crippen molar-refractivity contribution >= 4 is 11.6 Å². The molecule has 4 rings (SSSR count). The fourth-order valence-corrected chi connectivity index (χ4v) is 4.42. The maximum Gasteiger partial charge on any atom is 0.0409 e. The Kier molecular flexibility index (Phi) is 3.70. The van der Waals surface area contributed by atoms with Gasteiger partial charge in [0.15, 0.2) is 0 Å². The Labute approximate surface area is 132 Å². The Balaban J connectivity index is 1.18. The van der Waals surface area contributed by atoms with E-state index in [9.17, 15) is 0 Å². The van der Waals surface area contributed by atoms with Gasteiger partial charge in [0.2, 0.25) is 0 Å². The Morgan fingerprint density at radius 2 is 1.95 bits per heavy atom. The maximum atomic E-state index is 6.02. The van der Waals surface area contributed by atoms with Crippen LogP contribution in [0.25, 0.3) is 0 Å². The molecule has 3 nitrogen and oxygen atoms in total. The number of fused-ring (bicyclic) bond motifs is 1. The molecular weight excluding hydrogens is 282 g/mol. The number of benzene rings is 1. The molecule has 1 aromatic rings. The van der Waals surface area contributed by atoms with Crippen LogP contribution in [-0.4, -0.2) is 55.6 Å². The average molecular weight is 306 g/mol. The third-order valence-electron chi connectivity index (χ3n) is 5.56. The Morgan fingerprint density at radius 3 is 2.62 bits per heavy atom. The quantitative estimate of drug-likeness (QED) is 0.897. The summed E-state index contributed by atoms with van der Waals surface area (Å²) in [7, 11) is 2.22. The number of likely N-dealkylation sites (tertiary alicyclic amines) is 2. The van der Waals surface area contributed by atoms with Crippen LogP contribution in [0.5, 0.6) is 0 Å². The van der Waals surface area contributed by atoms with E-state index < -0.39 is 0 Å². The van der Waals surface area contributed by atoms with Crippen LogP contribution in [-0.2, 0) is 6.54 Å². The number of nitrogens with zero attached hydrogens (tertiary/aromatic N) is 2. The van der Waals surface area contributed by atoms with Crippen molar-refractivity contribution in [3.63, 3.8) is 0 Å². The lowest BCUT2D eigenvalue weighted by Gasteiger charge is -2.42. The van der Waals surface area contributed by atoms with Gasteiger partial charge in [0.05, 0.1) is 0 Å². The van der Waals surface area contributed by atoms with E-state index in [0.29, 0.717) is 0 Å². The van der Waals surface area contributed by atoms with Gasteiger partial charge in [0.25, 0.3) is 0 Å². The molecule has 0 aromatic heterocycles. The normalized spacial score (nSPS) is 33.0. The summed E-state index contributed by atoms with van der Waals surface area (Å²) in [5, 5.41) is 4.45. The van der Waals surface area contributed by atoms with Crippen molar-refractivity contribution < 1.29 is 0 Å². The third kappa shape index (κ3) is 2.85. The first-order valence-corrected chi connectivity index (χ1v) is 8.46. The van der Waals surface area contributed by atoms with E-state index >= 15 is 0 Å². The summed E-state index contributed by atoms with van der Waals surface area (Å²) in [4.78, 5) is 5.14. The minimum atomic E-state index is 0.832. The molecule has 3 fully saturated rings. The van der Waals surface area contributed by atoms with Crippen LogP contribution in [0.15, 0.2) is 24.3 Å². The molecule has 21 heavy (non-hydrogen) atoms. The first-order valence-electron chi connectivity index (χ1n) is 8.08. The molecule has 1 aliphatic carbocycles. The molecule has 0 amide bonds. The first-order chi connectivity index (χ1) is 10.2. The summed E-state index contributed by atoms with van der Waals surface area (Å²) in [6.45, 7) is 7.33. The average Bonchev–Trinajstić information content (AvgIpc) is 2.89. The highest BCUT2D eigenvalue weighted by molar-refractivity contribution is 6.30. The van der Waals surface area contributed by atoms with Gasteiger partial charge in [-0.3, -0.25) is 4.90 Å². The second-order valence-electron chi connectivity index (χ2n) is 7.08. The third-order valence-corrected chi connectivity index (χ3v) is 5.79. The molecule has 3 aliphatic rings. The van der Waals surface area contributed by atoms with E-state index in [-0.39, 0.29) is 0 Å². The molecule has 2 heterocycles. The fourth-order valence-electron chi connectivity index (χ4n) is 4.21. The lowest BCUT2D eigenvalue weighted by Crippen LogP contribution is -2.57. The highest BCUT2D eigenvalue weighted by atomic mass is 35.5. The Bertz CT molecular complexity index is 503. The number of hydrogen-bond acceptors (Lipinski definition) is 3. The van der Waals surface area contributed by atoms with E-state index in [1.54, 1.807) is 0 Å². The highest BCUT2D eigenvalue weighted by Crippen LogP contribution is 2.52. The van der Waals surface area contributed by atoms with Gasteiger partial charge >= 0.3 is 0 Å². The molecule has 2 aliphatic heterocycles. The number of hydrogen-bond donors (Lipinski definition) is 1. The zero-order valence-corrected chi connectivity index (χ0v) is 13.4. The topological polar surface area (TPSA) is 18.5 Å². The molecule has 1 aromatic carbocycles. The summed E-state index contributed by atoms with van der Waals surface area (Å²) in [5.74, 6) is 2.84. The standard InChI is InChI=1S/C17H24ClN3/c1-20-8-14(9-20)21-10-16-15(17(16)11-21)7-19-6-12-3-2-4-13(18)5-12/h2-5,14-17,19H,6-11H2,1H3. The molecule has 4 heteroatoms. The maximum absolute atomic E-state index is 6.02. The van der Waals surface area contributed by atoms with Crippen LogP contribution in [0.3, 0.4) is 0 Å². The van der Waals surface area contributed by atoms with Gasteiger partial charge in [-0.25, -0.2) is 0 Å². The molecule has 0 radical (unpaired) electrons. The van der Waals surface area contributed by atoms with E-state index in [4.69, 9.17) is 11.6 Å². The number of halogens is 1. The molecule has 2 unspecified atom stereocenters. The molecular formula is C17H24ClN3. The SMILES string of the molecule is CN1CC(N2CC3C(CNCc4cccc(Cl)c4)C3C2)C1. The second-order valence-corrected chi connectivity index (χ2v) is 7.52. The van der Waals surface area contributed by atoms with Crippen molar-refractivity contribution in [1.82, 2.24) is 15.1 Å². The Morgan fingerprint density at radius 1 is 1.19 bits per heavy atom. The molecule has 2 saturated heterocycles. The van der Waals surface area contributed by atoms with Gasteiger partial charge in [-0.05, 0) is 49.0 Å². The van der Waals surface area contributed by atoms with Crippen molar-refractivity contribution in [2.75, 3.05) is 39.8 Å². The summed E-state index contributed by atoms with van der Waals surface area (Å²) >= 11 is 6.02. The lowest BCUT2D eigenvalue weighted by atomic mass is 10.1. The van der Waals surface area contributed by atoms with Gasteiger partial charge < -0.3 is 10.2 Å². The first kappa shape index (κ1) is 14.0. The van der Waals surface area contributed by atoms with Gasteiger partial charge in [-0.2, -0.15) is 0 Å². The van der Waals surface area contributed by atoms with E-state index in [1.807, 2.05) is 12.1 Å². The molecule has 114 valence electrons. The highest BCUT2D eigenvalue weighted by Gasteiger charge is 2.56. The molecule has 2 atom stereocenters. The van der Waals surface area contributed by atoms with Crippen LogP contribution in [0.2, 0.25) is 5.02 Å². The minimum Gasteiger partial charge on any atom is -0.312 e. The van der Waals surface area contributed by atoms with Crippen LogP contribution >= 0.6 is 11.6 Å². The summed E-state index contributed by atoms with van der Waals surface area (Å²) in [5.41, 5.74) is 1.28. The second kappa shape index (κ2) is 5.54. The van der Waals surface area contributed by atoms with E-state index in [0.717, 1.165) is 35.4 Å². The monoisotopic (exact) mass is 305 g/mol. The van der Waals surface area contributed by atoms with Crippen molar-refractivity contribution in [2.24, 2.45) is 17.8 Å². The summed E-state index contributed by atoms with van der Waals surface area (Å²) < 4.78 is 0. The predicted molar refractivity (Wildman–Crippen MR) is 86.5 cm³/mol. The van der Waals surface area contributed by atoms with Crippen molar-refractivity contribution in [2.45, 2.75) is 12.6 Å². The molecule has 0 bridgehead atoms. The van der Waals surface area contributed by atoms with Gasteiger partial charge in [0, 0.05) is 43.8 Å². The zero-order valence-electron chi connectivity index (χ0n) is 12.6. The van der Waals surface area contributed by atoms with Crippen LogP contribution in [0, 0.1) is 17.8 Å². The summed E-state index contributed by atoms with van der Waals surface area (Å²) in [6.07, 6.45) is 0. The van der Waals surface area contributed by atoms with Crippen LogP contribution in [0.4, 0.5) is 0 Å². The largest absolute Gasteiger partial charge is 0.312 e. The van der Waals surface area contributed by atoms with E-state index in [2.05, 4.69) is 34.3 Å². The van der Waals surface area contributed by atoms with Crippen molar-refractivity contribution in [1.29, 1.82) is 0 Å². The minimum absolute atomic E-state index is 0.832. The fraction of sp³-hybridized carbons (Fsp3) is 0.647. The predicted octanol–water partition coefficient (Wildman–Crippen LogP) is 1.92. The Hall–Kier alpha value is -0.610. The summed E-state index contributed by atoms with van der Waals surface area (Å²) in [6, 6.07) is 9.00. The smallest absolute Gasteiger partial charge is 0.0409 e. The van der Waals surface area contributed by atoms with Crippen LogP contribution in [0.1, 0.15) is 5.56 Å². The van der Waals surface area contributed by atoms with Crippen LogP contribution < -0.4 is 5.32 Å². The van der Waals surface area contributed by atoms with Gasteiger partial charge in [0.1, 0.15) is 0 Å². The molecule has 0 spiro atoms. The molecule has 1 saturated carbocycles. The zero-order chi connectivity index (χ0) is 14.4. The number of nitrogens with one attached hydrogen (secondary N) is 1.